The summed E-state index contributed by atoms with van der Waals surface area (Å²) < 4.78 is 23.7. The molecule has 0 fully saturated rings. The maximum atomic E-state index is 12.8. The number of phenols is 1. The number of hydrogen-bond acceptors (Lipinski definition) is 8. The largest absolute Gasteiger partial charge is 0.507 e. The third-order valence-corrected chi connectivity index (χ3v) is 9.92. The van der Waals surface area contributed by atoms with E-state index in [-0.39, 0.29) is 23.3 Å². The van der Waals surface area contributed by atoms with Crippen LogP contribution in [0.25, 0.3) is 0 Å². The fraction of sp³-hybridized carbons (Fsp3) is 0.659. The molecule has 0 aromatic heterocycles. The number of esters is 1. The lowest BCUT2D eigenvalue weighted by atomic mass is 9.98. The average Bonchev–Trinajstić information content (AvgIpc) is 3.13. The number of unbranched alkanes of at least 4 members (excludes halogenated alkanes) is 15. The molecule has 8 heteroatoms. The van der Waals surface area contributed by atoms with Crippen LogP contribution < -0.4 is 14.2 Å². The fourth-order valence-corrected chi connectivity index (χ4v) is 6.81. The van der Waals surface area contributed by atoms with Crippen molar-refractivity contribution in [1.82, 2.24) is 0 Å². The number of ether oxygens (including phenoxy) is 4. The lowest BCUT2D eigenvalue weighted by Gasteiger charge is -2.26. The molecule has 0 radical (unpaired) electrons. The van der Waals surface area contributed by atoms with Crippen molar-refractivity contribution in [2.75, 3.05) is 19.8 Å². The molecule has 0 saturated heterocycles. The molecule has 3 rings (SSSR count). The van der Waals surface area contributed by atoms with Gasteiger partial charge < -0.3 is 24.1 Å². The second-order valence-electron chi connectivity index (χ2n) is 14.4. The van der Waals surface area contributed by atoms with Crippen molar-refractivity contribution < 1.29 is 38.4 Å². The minimum Gasteiger partial charge on any atom is -0.507 e. The van der Waals surface area contributed by atoms with Gasteiger partial charge in [0.1, 0.15) is 23.0 Å². The number of fused-ring (bicyclic) bond motifs is 1. The predicted molar refractivity (Wildman–Crippen MR) is 207 cm³/mol. The van der Waals surface area contributed by atoms with E-state index in [4.69, 9.17) is 18.9 Å². The number of phenolic OH excluding ortho intramolecular Hbond substituents is 1. The Kier molecular flexibility index (Phi) is 20.3. The van der Waals surface area contributed by atoms with Crippen LogP contribution in [-0.2, 0) is 22.4 Å². The van der Waals surface area contributed by atoms with E-state index in [0.29, 0.717) is 73.0 Å². The van der Waals surface area contributed by atoms with Crippen LogP contribution in [-0.4, -0.2) is 48.6 Å². The molecule has 1 heterocycles. The number of Topliss-reactive ketones (excluding diaryl/α,β-unsaturated/α-hetero) is 2. The van der Waals surface area contributed by atoms with Crippen LogP contribution in [0.15, 0.2) is 24.3 Å². The molecule has 0 aliphatic carbocycles. The second-order valence-corrected chi connectivity index (χ2v) is 14.4. The van der Waals surface area contributed by atoms with Crippen molar-refractivity contribution in [2.45, 2.75) is 169 Å². The molecule has 52 heavy (non-hydrogen) atoms. The molecule has 0 amide bonds. The highest BCUT2D eigenvalue weighted by Crippen LogP contribution is 2.36. The van der Waals surface area contributed by atoms with Gasteiger partial charge in [-0.2, -0.15) is 0 Å². The first kappa shape index (κ1) is 42.9. The Morgan fingerprint density at radius 1 is 0.673 bits per heavy atom. The normalized spacial score (nSPS) is 13.7. The molecular weight excluding hydrogens is 656 g/mol. The maximum absolute atomic E-state index is 12.8. The zero-order valence-electron chi connectivity index (χ0n) is 32.7. The molecule has 1 N–H and O–H groups in total. The monoisotopic (exact) mass is 722 g/mol. The van der Waals surface area contributed by atoms with Gasteiger partial charge in [0.15, 0.2) is 17.7 Å². The number of aryl methyl sites for hydroxylation is 1. The Bertz CT molecular complexity index is 1380. The van der Waals surface area contributed by atoms with Crippen LogP contribution in [0.3, 0.4) is 0 Å². The van der Waals surface area contributed by atoms with Gasteiger partial charge >= 0.3 is 5.97 Å². The molecule has 0 bridgehead atoms. The number of benzene rings is 2. The summed E-state index contributed by atoms with van der Waals surface area (Å²) in [5.41, 5.74) is 2.40. The van der Waals surface area contributed by atoms with Gasteiger partial charge in [0.25, 0.3) is 0 Å². The summed E-state index contributed by atoms with van der Waals surface area (Å²) in [5, 5.41) is 10.6. The number of carbonyl (C=O) groups is 3. The van der Waals surface area contributed by atoms with E-state index >= 15 is 0 Å². The summed E-state index contributed by atoms with van der Waals surface area (Å²) in [5.74, 6) is 1.07. The second kappa shape index (κ2) is 24.6. The van der Waals surface area contributed by atoms with E-state index in [1.807, 2.05) is 13.0 Å². The number of rotatable bonds is 28. The van der Waals surface area contributed by atoms with Crippen molar-refractivity contribution in [3.63, 3.8) is 0 Å². The molecule has 290 valence electrons. The zero-order chi connectivity index (χ0) is 37.6. The third-order valence-electron chi connectivity index (χ3n) is 9.92. The van der Waals surface area contributed by atoms with Crippen molar-refractivity contribution in [1.29, 1.82) is 0 Å². The van der Waals surface area contributed by atoms with E-state index in [2.05, 4.69) is 6.92 Å². The van der Waals surface area contributed by atoms with Crippen LogP contribution in [0, 0.1) is 0 Å². The molecule has 8 nitrogen and oxygen atoms in total. The highest BCUT2D eigenvalue weighted by Gasteiger charge is 2.29. The van der Waals surface area contributed by atoms with Crippen LogP contribution in [0.4, 0.5) is 0 Å². The van der Waals surface area contributed by atoms with E-state index in [0.717, 1.165) is 44.1 Å². The molecule has 1 atom stereocenters. The van der Waals surface area contributed by atoms with E-state index in [9.17, 15) is 19.5 Å². The number of hydrogen-bond donors (Lipinski definition) is 1. The topological polar surface area (TPSA) is 108 Å². The fourth-order valence-electron chi connectivity index (χ4n) is 6.81. The Morgan fingerprint density at radius 3 is 1.79 bits per heavy atom. The molecule has 0 saturated carbocycles. The Labute approximate surface area is 313 Å². The van der Waals surface area contributed by atoms with Gasteiger partial charge in [0.2, 0.25) is 0 Å². The van der Waals surface area contributed by atoms with Gasteiger partial charge in [-0.25, -0.2) is 4.79 Å². The van der Waals surface area contributed by atoms with Gasteiger partial charge in [-0.3, -0.25) is 9.59 Å². The lowest BCUT2D eigenvalue weighted by Crippen LogP contribution is -2.33. The molecule has 2 aromatic carbocycles. The SMILES string of the molecule is CCCCCCCCCCCCCCCCOC(=O)C1CCc2cc(C(C)=O)c(OCCCCCOc3ccc(C(C)=O)c(O)c3CCC)cc2O1. The Hall–Kier alpha value is -3.55. The van der Waals surface area contributed by atoms with E-state index in [1.165, 1.54) is 90.9 Å². The highest BCUT2D eigenvalue weighted by atomic mass is 16.6. The van der Waals surface area contributed by atoms with Crippen LogP contribution in [0.1, 0.15) is 182 Å². The van der Waals surface area contributed by atoms with Gasteiger partial charge in [0, 0.05) is 11.6 Å². The van der Waals surface area contributed by atoms with Crippen molar-refractivity contribution in [3.05, 3.63) is 46.5 Å². The van der Waals surface area contributed by atoms with Gasteiger partial charge in [-0.1, -0.05) is 104 Å². The molecule has 2 aromatic rings. The smallest absolute Gasteiger partial charge is 0.347 e. The molecular formula is C44H66O8. The van der Waals surface area contributed by atoms with Gasteiger partial charge in [-0.15, -0.1) is 0 Å². The van der Waals surface area contributed by atoms with Crippen molar-refractivity contribution in [3.8, 4) is 23.0 Å². The average molecular weight is 723 g/mol. The predicted octanol–water partition coefficient (Wildman–Crippen LogP) is 11.1. The van der Waals surface area contributed by atoms with E-state index < -0.39 is 6.10 Å². The first-order valence-electron chi connectivity index (χ1n) is 20.4. The Morgan fingerprint density at radius 2 is 1.21 bits per heavy atom. The number of carbonyl (C=O) groups excluding carboxylic acids is 3. The summed E-state index contributed by atoms with van der Waals surface area (Å²) in [4.78, 5) is 37.1. The highest BCUT2D eigenvalue weighted by molar-refractivity contribution is 5.98. The molecule has 1 aliphatic rings. The van der Waals surface area contributed by atoms with Gasteiger partial charge in [0.05, 0.1) is 30.9 Å². The maximum Gasteiger partial charge on any atom is 0.347 e. The van der Waals surface area contributed by atoms with Crippen molar-refractivity contribution in [2.24, 2.45) is 0 Å². The minimum absolute atomic E-state index is 0.0130. The summed E-state index contributed by atoms with van der Waals surface area (Å²) in [6.07, 6.45) is 22.3. The molecule has 0 spiro atoms. The third kappa shape index (κ3) is 14.8. The van der Waals surface area contributed by atoms with Crippen LogP contribution in [0.5, 0.6) is 23.0 Å². The molecule has 1 aliphatic heterocycles. The van der Waals surface area contributed by atoms with E-state index in [1.54, 1.807) is 18.2 Å². The Balaban J connectivity index is 1.33. The zero-order valence-corrected chi connectivity index (χ0v) is 32.7. The summed E-state index contributed by atoms with van der Waals surface area (Å²) in [7, 11) is 0. The molecule has 1 unspecified atom stereocenters. The van der Waals surface area contributed by atoms with Crippen LogP contribution in [0.2, 0.25) is 0 Å². The first-order valence-corrected chi connectivity index (χ1v) is 20.4. The lowest BCUT2D eigenvalue weighted by molar-refractivity contribution is -0.152. The number of aromatic hydroxyl groups is 1. The summed E-state index contributed by atoms with van der Waals surface area (Å²) in [6, 6.07) is 6.95. The standard InChI is InChI=1S/C44H66O8/c1-5-7-8-9-10-11-12-13-14-15-16-17-18-20-30-51-44(48)40-26-24-35-31-38(34(4)46)42(32-41(35)52-40)50-29-22-19-21-28-49-39-27-25-36(33(3)45)43(47)37(39)23-6-2/h25,27,31-32,40,47H,5-24,26,28-30H2,1-4H3. The van der Waals surface area contributed by atoms with Crippen molar-refractivity contribution >= 4 is 17.5 Å². The number of ketones is 2. The van der Waals surface area contributed by atoms with Crippen LogP contribution >= 0.6 is 0 Å². The summed E-state index contributed by atoms with van der Waals surface area (Å²) >= 11 is 0. The summed E-state index contributed by atoms with van der Waals surface area (Å²) in [6.45, 7) is 8.56. The minimum atomic E-state index is -0.659. The first-order chi connectivity index (χ1) is 25.3. The quantitative estimate of drug-likeness (QED) is 0.0525. The van der Waals surface area contributed by atoms with Gasteiger partial charge in [-0.05, 0) is 82.6 Å².